The predicted molar refractivity (Wildman–Crippen MR) is 556 cm³/mol. The number of hydrogen-bond acceptors (Lipinski definition) is 8. The van der Waals surface area contributed by atoms with E-state index in [-0.39, 0.29) is 85.7 Å². The number of carbonyl (C=O) groups excluding carboxylic acids is 4. The minimum Gasteiger partial charge on any atom is -0.657 e. The van der Waals surface area contributed by atoms with E-state index in [1.54, 1.807) is 0 Å². The van der Waals surface area contributed by atoms with Crippen LogP contribution in [0.2, 0.25) is 0 Å². The van der Waals surface area contributed by atoms with E-state index in [9.17, 15) is 8.42 Å². The maximum Gasteiger partial charge on any atom is 3.00 e. The summed E-state index contributed by atoms with van der Waals surface area (Å²) in [4.78, 5) is 85.4. The third kappa shape index (κ3) is 19.8. The minimum atomic E-state index is -3.70. The molecule has 6 N–H and O–H groups in total. The molecule has 10 aromatic carbocycles. The van der Waals surface area contributed by atoms with E-state index in [1.807, 2.05) is 194 Å². The minimum absolute atomic E-state index is 0. The summed E-state index contributed by atoms with van der Waals surface area (Å²) in [6.07, 6.45) is 11.5. The van der Waals surface area contributed by atoms with Gasteiger partial charge in [-0.15, -0.1) is 22.1 Å². The first kappa shape index (κ1) is 95.8. The fraction of sp³-hybridized carbons (Fsp3) is 0.294. The van der Waals surface area contributed by atoms with Gasteiger partial charge in [-0.25, -0.2) is 15.1 Å². The Morgan fingerprint density at radius 1 is 0.343 bits per heavy atom. The molecule has 4 aliphatic carbocycles. The molecule has 698 valence electrons. The van der Waals surface area contributed by atoms with Crippen molar-refractivity contribution in [3.05, 3.63) is 357 Å². The molecule has 8 bridgehead atoms. The molecule has 0 unspecified atom stereocenters. The van der Waals surface area contributed by atoms with Crippen molar-refractivity contribution in [3.63, 3.8) is 0 Å². The third-order valence-electron chi connectivity index (χ3n) is 29.2. The molecule has 4 amide bonds. The molecule has 16 nitrogen and oxygen atoms in total. The number of benzene rings is 10. The molecule has 0 radical (unpaired) electrons. The first-order chi connectivity index (χ1) is 64.6. The zero-order valence-electron chi connectivity index (χ0n) is 81.1. The maximum atomic E-state index is 15.4. The summed E-state index contributed by atoms with van der Waals surface area (Å²) < 4.78 is 24.6. The molecule has 2 aliphatic heterocycles. The number of rotatable bonds is 22. The summed E-state index contributed by atoms with van der Waals surface area (Å²) in [6.45, 7) is 36.2. The second-order valence-electron chi connectivity index (χ2n) is 43.1. The van der Waals surface area contributed by atoms with E-state index in [0.717, 1.165) is 77.9 Å². The summed E-state index contributed by atoms with van der Waals surface area (Å²) in [5.74, 6) is -1.94. The van der Waals surface area contributed by atoms with Gasteiger partial charge in [0.25, 0.3) is 10.2 Å². The molecule has 0 spiro atoms. The summed E-state index contributed by atoms with van der Waals surface area (Å²) >= 11 is 0. The van der Waals surface area contributed by atoms with E-state index in [1.165, 1.54) is 4.31 Å². The molecular formula is C119H122CoN10O6S+. The van der Waals surface area contributed by atoms with Gasteiger partial charge in [-0.3, -0.25) is 19.2 Å². The average Bonchev–Trinajstić information content (AvgIpc) is 1.59. The van der Waals surface area contributed by atoms with Crippen LogP contribution >= 0.6 is 0 Å². The monoisotopic (exact) mass is 1880 g/mol. The number of carbonyl (C=O) groups is 4. The number of amides is 4. The van der Waals surface area contributed by atoms with Crippen LogP contribution in [0.5, 0.6) is 0 Å². The number of fused-ring (bicyclic) bond motifs is 8. The van der Waals surface area contributed by atoms with E-state index in [4.69, 9.17) is 25.1 Å². The van der Waals surface area contributed by atoms with Crippen LogP contribution in [0.1, 0.15) is 215 Å². The van der Waals surface area contributed by atoms with Crippen LogP contribution < -0.4 is 36.4 Å². The standard InChI is InChI=1S/C104H106N8O4.C15H18N2O2S.Co/c1-97(2,3)67-51-61(52-68(55-67)98(4,5)6)87-79-43-47-83(105-79)91(89-75(109-93(113)71-57-101(71,13)63-31-21-17-22-32-63)39-29-40-76(89)110-94(114)72-58-102(72,14)64-33-23-18-24-34-64)85-49-45-81(107-85)88(62-53-69(99(7,8)9)56-70(54-62)100(10,11)12)82-46-50-86(108-82)92(84-48-44-80(87)106-84)90-77(111-95(115)73-59-103(73,15)65-35-25-19-26-36-65)41-30-42-78(90)112-96(116)74-60-104(74,16)66-37-27-20-28-38-66;16-20(18,19)17(13-15-9-5-2-6-10-15)12-11-14-7-3-1-4-8-14;/h17-56,71-74H,57-60H2,1-16H3,(H6,105,106,107,108,109,110,111,112,113,114,115,116);1-10H,11-13H2,(H2,16,18,19);/q;;+3/p-2/t71-,72-,73-,74-,101-,102-,103-,104-;;/m0../s1. The molecule has 3 aromatic heterocycles. The van der Waals surface area contributed by atoms with E-state index >= 15 is 19.2 Å². The Balaban J connectivity index is 0.000000550. The van der Waals surface area contributed by atoms with E-state index < -0.39 is 31.9 Å². The van der Waals surface area contributed by atoms with Crippen molar-refractivity contribution in [2.45, 2.75) is 193 Å². The molecule has 0 saturated heterocycles. The zero-order chi connectivity index (χ0) is 96.0. The van der Waals surface area contributed by atoms with Crippen molar-refractivity contribution in [2.75, 3.05) is 27.8 Å². The average molecular weight is 1880 g/mol. The van der Waals surface area contributed by atoms with Gasteiger partial charge in [0.15, 0.2) is 0 Å². The third-order valence-corrected chi connectivity index (χ3v) is 30.2. The Kier molecular flexibility index (Phi) is 25.8. The number of nitrogens with one attached hydrogen (secondary N) is 4. The zero-order valence-corrected chi connectivity index (χ0v) is 83.0. The van der Waals surface area contributed by atoms with E-state index in [0.29, 0.717) is 135 Å². The number of hydrogen-bond donors (Lipinski definition) is 5. The summed E-state index contributed by atoms with van der Waals surface area (Å²) in [7, 11) is -3.70. The molecule has 19 rings (SSSR count). The topological polar surface area (TPSA) is 234 Å². The van der Waals surface area contributed by atoms with Gasteiger partial charge in [-0.1, -0.05) is 366 Å². The second kappa shape index (κ2) is 36.8. The summed E-state index contributed by atoms with van der Waals surface area (Å²) in [5, 5.41) is 19.3. The molecule has 18 heteroatoms. The van der Waals surface area contributed by atoms with Crippen LogP contribution in [0.15, 0.2) is 279 Å². The van der Waals surface area contributed by atoms with Crippen molar-refractivity contribution < 1.29 is 44.4 Å². The molecule has 6 aliphatic rings. The Morgan fingerprint density at radius 2 is 0.591 bits per heavy atom. The van der Waals surface area contributed by atoms with Crippen molar-refractivity contribution >= 4 is 103 Å². The summed E-state index contributed by atoms with van der Waals surface area (Å²) in [6, 6.07) is 93.8. The molecule has 4 saturated carbocycles. The van der Waals surface area contributed by atoms with Crippen LogP contribution in [0.3, 0.4) is 0 Å². The Hall–Kier alpha value is -12.9. The number of aromatic nitrogens is 4. The van der Waals surface area contributed by atoms with Crippen LogP contribution in [-0.2, 0) is 102 Å². The van der Waals surface area contributed by atoms with Crippen molar-refractivity contribution in [1.29, 1.82) is 0 Å². The molecular weight excluding hydrogens is 1760 g/mol. The SMILES string of the molecule is CC(C)(C)c1cc(-c2c3nc(c(-c4c(NC(=O)[C@@H]5C[C@@]5(C)c5ccccc5)cccc4NC(=O)[C@@H]4C[C@@]4(C)c4ccccc4)c4ccc([n-]4)c(-c4cc(C(C)(C)C)cc(C(C)(C)C)c4)c4nc(c(-c5c(NC(=O)[C@@H]6C[C@@]6(C)c6ccccc6)cccc5NC(=O)[C@@H]5C[C@@]5(C)c5ccccc5)c5ccc2[n-]5)C=C4)C=C3)cc(C(C)(C)C)c1.NS(=O)(=O)N(CCc1ccccc1)Cc1ccccc1.[Co+3]. The maximum absolute atomic E-state index is 15.4. The van der Waals surface area contributed by atoms with Gasteiger partial charge in [0, 0.05) is 69.5 Å². The fourth-order valence-electron chi connectivity index (χ4n) is 19.9. The Labute approximate surface area is 817 Å². The number of nitrogens with two attached hydrogens (primary N) is 1. The van der Waals surface area contributed by atoms with Gasteiger partial charge in [-0.05, 0) is 191 Å². The van der Waals surface area contributed by atoms with Gasteiger partial charge >= 0.3 is 16.8 Å². The van der Waals surface area contributed by atoms with Gasteiger partial charge in [-0.2, -0.15) is 12.7 Å². The van der Waals surface area contributed by atoms with Gasteiger partial charge in [0.1, 0.15) is 0 Å². The van der Waals surface area contributed by atoms with Crippen LogP contribution in [-0.4, -0.2) is 52.9 Å². The summed E-state index contributed by atoms with van der Waals surface area (Å²) in [5.41, 5.74) is 20.2. The molecule has 8 atom stereocenters. The molecule has 4 fully saturated rings. The normalized spacial score (nSPS) is 20.2. The van der Waals surface area contributed by atoms with Crippen molar-refractivity contribution in [2.24, 2.45) is 28.8 Å². The van der Waals surface area contributed by atoms with E-state index in [2.05, 4.69) is 241 Å². The molecule has 13 aromatic rings. The first-order valence-corrected chi connectivity index (χ1v) is 49.1. The first-order valence-electron chi connectivity index (χ1n) is 47.6. The van der Waals surface area contributed by atoms with Crippen LogP contribution in [0, 0.1) is 23.7 Å². The largest absolute Gasteiger partial charge is 3.00 e. The quantitative estimate of drug-likeness (QED) is 0.0430. The van der Waals surface area contributed by atoms with Crippen LogP contribution in [0.4, 0.5) is 22.7 Å². The predicted octanol–water partition coefficient (Wildman–Crippen LogP) is 25.4. The Morgan fingerprint density at radius 3 is 0.854 bits per heavy atom. The number of nitrogens with zero attached hydrogens (tertiary/aromatic N) is 5. The van der Waals surface area contributed by atoms with Gasteiger partial charge in [0.05, 0.1) is 45.5 Å². The van der Waals surface area contributed by atoms with Gasteiger partial charge in [0.2, 0.25) is 23.6 Å². The number of anilines is 4. The smallest absolute Gasteiger partial charge is 0.657 e. The van der Waals surface area contributed by atoms with Crippen LogP contribution in [0.25, 0.3) is 90.9 Å². The second-order valence-corrected chi connectivity index (χ2v) is 44.7. The van der Waals surface area contributed by atoms with Gasteiger partial charge < -0.3 is 31.2 Å². The van der Waals surface area contributed by atoms with Crippen molar-refractivity contribution in [1.82, 2.24) is 24.2 Å². The molecule has 137 heavy (non-hydrogen) atoms. The Bertz CT molecular complexity index is 6600. The fourth-order valence-corrected chi connectivity index (χ4v) is 20.6. The van der Waals surface area contributed by atoms with Crippen molar-refractivity contribution in [3.8, 4) is 44.5 Å². The molecule has 5 heterocycles.